The monoisotopic (exact) mass is 414 g/mol. The maximum atomic E-state index is 9.83. The molecule has 0 bridgehead atoms. The van der Waals surface area contributed by atoms with Gasteiger partial charge in [0.05, 0.1) is 13.2 Å². The molecular weight excluding hydrogens is 368 g/mol. The molecule has 29 heavy (non-hydrogen) atoms. The minimum atomic E-state index is -0.988. The Labute approximate surface area is 178 Å². The first-order chi connectivity index (χ1) is 14.2. The van der Waals surface area contributed by atoms with Gasteiger partial charge in [0.25, 0.3) is 0 Å². The van der Waals surface area contributed by atoms with Crippen LogP contribution in [0.5, 0.6) is 0 Å². The van der Waals surface area contributed by atoms with Crippen LogP contribution in [0.25, 0.3) is 0 Å². The number of hydrogen-bond acceptors (Lipinski definition) is 5. The molecule has 0 aromatic heterocycles. The van der Waals surface area contributed by atoms with Crippen molar-refractivity contribution in [3.63, 3.8) is 0 Å². The van der Waals surface area contributed by atoms with E-state index in [9.17, 15) is 15.3 Å². The Morgan fingerprint density at radius 3 is 1.93 bits per heavy atom. The average Bonchev–Trinajstić information content (AvgIpc) is 3.06. The van der Waals surface area contributed by atoms with Crippen molar-refractivity contribution in [3.8, 4) is 0 Å². The minimum Gasteiger partial charge on any atom is -0.394 e. The van der Waals surface area contributed by atoms with Crippen molar-refractivity contribution in [2.45, 2.75) is 121 Å². The van der Waals surface area contributed by atoms with E-state index in [1.807, 2.05) is 0 Å². The summed E-state index contributed by atoms with van der Waals surface area (Å²) in [4.78, 5) is 0. The largest absolute Gasteiger partial charge is 0.394 e. The standard InChI is InChI=1S/C24H46O5/c1-2-3-4-5-6-7-8-9-10-11-12-13-14-15-16-17-18-28-22(19-25)24-23(27)21(26)20-29-24/h14-15,21-27H,2-13,16-20H2,1H3/b15-14+/t21-,22+,23+,24+/m1/s1. The molecule has 172 valence electrons. The van der Waals surface area contributed by atoms with E-state index < -0.39 is 24.4 Å². The van der Waals surface area contributed by atoms with Gasteiger partial charge in [-0.25, -0.2) is 0 Å². The quantitative estimate of drug-likeness (QED) is 0.214. The Kier molecular flexibility index (Phi) is 16.8. The zero-order valence-corrected chi connectivity index (χ0v) is 18.6. The molecule has 1 aliphatic heterocycles. The van der Waals surface area contributed by atoms with Crippen molar-refractivity contribution in [3.05, 3.63) is 12.2 Å². The summed E-state index contributed by atoms with van der Waals surface area (Å²) in [5, 5.41) is 28.8. The fraction of sp³-hybridized carbons (Fsp3) is 0.917. The van der Waals surface area contributed by atoms with Crippen LogP contribution in [0.4, 0.5) is 0 Å². The summed E-state index contributed by atoms with van der Waals surface area (Å²) in [6, 6.07) is 0. The summed E-state index contributed by atoms with van der Waals surface area (Å²) < 4.78 is 10.9. The third-order valence-corrected chi connectivity index (χ3v) is 5.72. The van der Waals surface area contributed by atoms with Crippen molar-refractivity contribution >= 4 is 0 Å². The molecule has 1 saturated heterocycles. The lowest BCUT2D eigenvalue weighted by molar-refractivity contribution is -0.101. The van der Waals surface area contributed by atoms with Crippen LogP contribution in [0, 0.1) is 0 Å². The highest BCUT2D eigenvalue weighted by atomic mass is 16.6. The Morgan fingerprint density at radius 2 is 1.41 bits per heavy atom. The molecule has 5 heteroatoms. The van der Waals surface area contributed by atoms with Crippen molar-refractivity contribution in [1.29, 1.82) is 0 Å². The number of hydrogen-bond donors (Lipinski definition) is 3. The van der Waals surface area contributed by atoms with Gasteiger partial charge in [0.1, 0.15) is 24.4 Å². The number of allylic oxidation sites excluding steroid dienone is 2. The third kappa shape index (κ3) is 12.7. The highest BCUT2D eigenvalue weighted by molar-refractivity contribution is 4.88. The number of aliphatic hydroxyl groups excluding tert-OH is 3. The molecule has 0 amide bonds. The van der Waals surface area contributed by atoms with Gasteiger partial charge in [-0.15, -0.1) is 0 Å². The van der Waals surface area contributed by atoms with E-state index in [0.29, 0.717) is 6.61 Å². The summed E-state index contributed by atoms with van der Waals surface area (Å²) in [5.74, 6) is 0. The van der Waals surface area contributed by atoms with Gasteiger partial charge in [0.15, 0.2) is 0 Å². The Morgan fingerprint density at radius 1 is 0.862 bits per heavy atom. The SMILES string of the molecule is CCCCCCCCCCCCC/C=C/CCCO[C@@H](CO)[C@@H]1OC[C@@H](O)[C@@H]1O. The Hall–Kier alpha value is -0.460. The van der Waals surface area contributed by atoms with Crippen LogP contribution in [-0.4, -0.2) is 59.6 Å². The molecule has 0 spiro atoms. The second-order valence-corrected chi connectivity index (χ2v) is 8.39. The minimum absolute atomic E-state index is 0.0908. The lowest BCUT2D eigenvalue weighted by Crippen LogP contribution is -2.42. The topological polar surface area (TPSA) is 79.2 Å². The van der Waals surface area contributed by atoms with E-state index in [1.165, 1.54) is 70.6 Å². The van der Waals surface area contributed by atoms with Gasteiger partial charge in [-0.3, -0.25) is 0 Å². The molecule has 0 saturated carbocycles. The van der Waals surface area contributed by atoms with Crippen molar-refractivity contribution in [2.75, 3.05) is 19.8 Å². The summed E-state index contributed by atoms with van der Waals surface area (Å²) in [5.41, 5.74) is 0. The van der Waals surface area contributed by atoms with E-state index in [-0.39, 0.29) is 13.2 Å². The maximum absolute atomic E-state index is 9.83. The molecule has 0 aromatic rings. The molecule has 0 radical (unpaired) electrons. The van der Waals surface area contributed by atoms with Gasteiger partial charge >= 0.3 is 0 Å². The van der Waals surface area contributed by atoms with E-state index in [4.69, 9.17) is 9.47 Å². The average molecular weight is 415 g/mol. The Bertz CT molecular complexity index is 387. The summed E-state index contributed by atoms with van der Waals surface area (Å²) >= 11 is 0. The molecule has 0 unspecified atom stereocenters. The first-order valence-corrected chi connectivity index (χ1v) is 12.1. The van der Waals surface area contributed by atoms with E-state index in [2.05, 4.69) is 19.1 Å². The van der Waals surface area contributed by atoms with Crippen LogP contribution >= 0.6 is 0 Å². The first-order valence-electron chi connectivity index (χ1n) is 12.1. The highest BCUT2D eigenvalue weighted by Crippen LogP contribution is 2.19. The Balaban J connectivity index is 1.87. The summed E-state index contributed by atoms with van der Waals surface area (Å²) in [6.07, 6.45) is 19.5. The van der Waals surface area contributed by atoms with Gasteiger partial charge in [0.2, 0.25) is 0 Å². The second-order valence-electron chi connectivity index (χ2n) is 8.39. The van der Waals surface area contributed by atoms with Gasteiger partial charge in [-0.2, -0.15) is 0 Å². The van der Waals surface area contributed by atoms with E-state index in [1.54, 1.807) is 0 Å². The summed E-state index contributed by atoms with van der Waals surface area (Å²) in [6.45, 7) is 2.65. The molecule has 5 nitrogen and oxygen atoms in total. The smallest absolute Gasteiger partial charge is 0.114 e. The van der Waals surface area contributed by atoms with Crippen LogP contribution in [-0.2, 0) is 9.47 Å². The van der Waals surface area contributed by atoms with Gasteiger partial charge in [0, 0.05) is 6.61 Å². The van der Waals surface area contributed by atoms with Crippen LogP contribution in [0.3, 0.4) is 0 Å². The highest BCUT2D eigenvalue weighted by Gasteiger charge is 2.40. The van der Waals surface area contributed by atoms with Crippen LogP contribution < -0.4 is 0 Å². The first kappa shape index (κ1) is 26.6. The number of aliphatic hydroxyl groups is 3. The lowest BCUT2D eigenvalue weighted by atomic mass is 10.1. The predicted octanol–water partition coefficient (Wildman–Crippen LogP) is 4.52. The van der Waals surface area contributed by atoms with Crippen molar-refractivity contribution < 1.29 is 24.8 Å². The molecule has 0 aliphatic carbocycles. The van der Waals surface area contributed by atoms with E-state index >= 15 is 0 Å². The van der Waals surface area contributed by atoms with Crippen molar-refractivity contribution in [2.24, 2.45) is 0 Å². The molecule has 4 atom stereocenters. The molecule has 1 aliphatic rings. The summed E-state index contributed by atoms with van der Waals surface area (Å²) in [7, 11) is 0. The molecule has 0 aromatic carbocycles. The number of unbranched alkanes of at least 4 members (excludes halogenated alkanes) is 12. The molecular formula is C24H46O5. The van der Waals surface area contributed by atoms with Crippen molar-refractivity contribution in [1.82, 2.24) is 0 Å². The van der Waals surface area contributed by atoms with Crippen LogP contribution in [0.1, 0.15) is 96.8 Å². The van der Waals surface area contributed by atoms with Gasteiger partial charge in [-0.05, 0) is 25.7 Å². The fourth-order valence-electron chi connectivity index (χ4n) is 3.80. The zero-order valence-electron chi connectivity index (χ0n) is 18.6. The van der Waals surface area contributed by atoms with Gasteiger partial charge in [-0.1, -0.05) is 83.3 Å². The number of rotatable bonds is 19. The predicted molar refractivity (Wildman–Crippen MR) is 118 cm³/mol. The maximum Gasteiger partial charge on any atom is 0.114 e. The zero-order chi connectivity index (χ0) is 21.2. The van der Waals surface area contributed by atoms with Gasteiger partial charge < -0.3 is 24.8 Å². The van der Waals surface area contributed by atoms with Crippen LogP contribution in [0.2, 0.25) is 0 Å². The fourth-order valence-corrected chi connectivity index (χ4v) is 3.80. The normalized spacial score (nSPS) is 23.2. The second kappa shape index (κ2) is 18.3. The molecule has 1 fully saturated rings. The van der Waals surface area contributed by atoms with Crippen LogP contribution in [0.15, 0.2) is 12.2 Å². The lowest BCUT2D eigenvalue weighted by Gasteiger charge is -2.24. The molecule has 3 N–H and O–H groups in total. The molecule has 1 rings (SSSR count). The number of ether oxygens (including phenoxy) is 2. The molecule has 1 heterocycles. The third-order valence-electron chi connectivity index (χ3n) is 5.72. The van der Waals surface area contributed by atoms with E-state index in [0.717, 1.165) is 19.3 Å².